The molecular formula is C17H30N2OS. The van der Waals surface area contributed by atoms with Gasteiger partial charge in [0.05, 0.1) is 7.11 Å². The Hall–Kier alpha value is -0.710. The van der Waals surface area contributed by atoms with E-state index < -0.39 is 0 Å². The zero-order valence-corrected chi connectivity index (χ0v) is 14.9. The van der Waals surface area contributed by atoms with E-state index in [2.05, 4.69) is 44.2 Å². The van der Waals surface area contributed by atoms with Gasteiger partial charge in [0.15, 0.2) is 0 Å². The van der Waals surface area contributed by atoms with Crippen molar-refractivity contribution in [2.24, 2.45) is 5.73 Å². The van der Waals surface area contributed by atoms with Gasteiger partial charge in [0, 0.05) is 23.9 Å². The lowest BCUT2D eigenvalue weighted by Gasteiger charge is -2.43. The summed E-state index contributed by atoms with van der Waals surface area (Å²) in [6.07, 6.45) is 4.27. The number of methoxy groups -OCH3 is 1. The summed E-state index contributed by atoms with van der Waals surface area (Å²) in [7, 11) is 3.90. The first-order valence-corrected chi connectivity index (χ1v) is 8.95. The Kier molecular flexibility index (Phi) is 7.57. The lowest BCUT2D eigenvalue weighted by atomic mass is 9.89. The second-order valence-electron chi connectivity index (χ2n) is 5.85. The Bertz CT molecular complexity index is 410. The van der Waals surface area contributed by atoms with Crippen LogP contribution in [0.2, 0.25) is 0 Å². The van der Waals surface area contributed by atoms with E-state index in [0.29, 0.717) is 12.6 Å². The van der Waals surface area contributed by atoms with E-state index in [1.807, 2.05) is 23.9 Å². The summed E-state index contributed by atoms with van der Waals surface area (Å²) in [6.45, 7) is 5.17. The number of nitrogens with two attached hydrogens (primary N) is 1. The smallest absolute Gasteiger partial charge is 0.118 e. The number of likely N-dealkylation sites (N-methyl/N-ethyl adjacent to an activating group) is 1. The first-order valence-electron chi connectivity index (χ1n) is 7.55. The van der Waals surface area contributed by atoms with Crippen molar-refractivity contribution in [2.75, 3.05) is 32.7 Å². The van der Waals surface area contributed by atoms with Gasteiger partial charge in [-0.25, -0.2) is 0 Å². The number of thioether (sulfide) groups is 1. The maximum absolute atomic E-state index is 6.13. The monoisotopic (exact) mass is 310 g/mol. The van der Waals surface area contributed by atoms with Gasteiger partial charge in [-0.05, 0) is 50.8 Å². The Labute approximate surface area is 134 Å². The third kappa shape index (κ3) is 4.90. The summed E-state index contributed by atoms with van der Waals surface area (Å²) >= 11 is 1.90. The zero-order valence-electron chi connectivity index (χ0n) is 14.1. The molecule has 0 amide bonds. The highest BCUT2D eigenvalue weighted by molar-refractivity contribution is 7.98. The number of hydrogen-bond acceptors (Lipinski definition) is 4. The summed E-state index contributed by atoms with van der Waals surface area (Å²) in [6, 6.07) is 8.87. The van der Waals surface area contributed by atoms with Crippen LogP contribution in [0.15, 0.2) is 24.3 Å². The highest BCUT2D eigenvalue weighted by Gasteiger charge is 2.32. The molecule has 0 saturated heterocycles. The quantitative estimate of drug-likeness (QED) is 0.761. The van der Waals surface area contributed by atoms with Crippen molar-refractivity contribution in [1.29, 1.82) is 0 Å². The normalized spacial score (nSPS) is 15.8. The maximum Gasteiger partial charge on any atom is 0.118 e. The molecule has 2 N–H and O–H groups in total. The van der Waals surface area contributed by atoms with Gasteiger partial charge in [0.1, 0.15) is 5.75 Å². The van der Waals surface area contributed by atoms with Crippen molar-refractivity contribution in [2.45, 2.75) is 38.3 Å². The molecule has 1 aromatic rings. The largest absolute Gasteiger partial charge is 0.497 e. The van der Waals surface area contributed by atoms with Crippen molar-refractivity contribution >= 4 is 11.8 Å². The minimum atomic E-state index is -0.0228. The number of nitrogens with zero attached hydrogens (tertiary/aromatic N) is 1. The van der Waals surface area contributed by atoms with E-state index in [0.717, 1.165) is 24.3 Å². The van der Waals surface area contributed by atoms with Gasteiger partial charge in [-0.1, -0.05) is 19.1 Å². The average molecular weight is 311 g/mol. The predicted molar refractivity (Wildman–Crippen MR) is 94.4 cm³/mol. The van der Waals surface area contributed by atoms with E-state index in [-0.39, 0.29) is 5.54 Å². The van der Waals surface area contributed by atoms with Crippen LogP contribution >= 0.6 is 11.8 Å². The van der Waals surface area contributed by atoms with Crippen LogP contribution in [0.4, 0.5) is 0 Å². The molecule has 0 aliphatic heterocycles. The molecule has 0 saturated carbocycles. The first-order chi connectivity index (χ1) is 10.0. The Morgan fingerprint density at radius 2 is 1.95 bits per heavy atom. The van der Waals surface area contributed by atoms with E-state index in [4.69, 9.17) is 10.5 Å². The number of ether oxygens (including phenoxy) is 1. The van der Waals surface area contributed by atoms with Gasteiger partial charge in [-0.3, -0.25) is 4.90 Å². The van der Waals surface area contributed by atoms with Gasteiger partial charge in [0.2, 0.25) is 0 Å². The van der Waals surface area contributed by atoms with Crippen molar-refractivity contribution in [3.8, 4) is 5.75 Å². The van der Waals surface area contributed by atoms with Gasteiger partial charge < -0.3 is 10.5 Å². The average Bonchev–Trinajstić information content (AvgIpc) is 2.52. The lowest BCUT2D eigenvalue weighted by Crippen LogP contribution is -2.55. The molecular weight excluding hydrogens is 280 g/mol. The van der Waals surface area contributed by atoms with Crippen LogP contribution in [-0.2, 0) is 6.42 Å². The lowest BCUT2D eigenvalue weighted by molar-refractivity contribution is 0.100. The molecule has 0 radical (unpaired) electrons. The number of rotatable bonds is 9. The van der Waals surface area contributed by atoms with Crippen LogP contribution in [0.5, 0.6) is 5.75 Å². The van der Waals surface area contributed by atoms with Crippen LogP contribution < -0.4 is 10.5 Å². The van der Waals surface area contributed by atoms with E-state index in [1.54, 1.807) is 7.11 Å². The van der Waals surface area contributed by atoms with Crippen molar-refractivity contribution in [1.82, 2.24) is 4.90 Å². The minimum Gasteiger partial charge on any atom is -0.497 e. The molecule has 2 unspecified atom stereocenters. The Morgan fingerprint density at radius 1 is 1.33 bits per heavy atom. The molecule has 2 atom stereocenters. The fourth-order valence-electron chi connectivity index (χ4n) is 2.66. The summed E-state index contributed by atoms with van der Waals surface area (Å²) in [5.74, 6) is 2.04. The third-order valence-electron chi connectivity index (χ3n) is 4.41. The SMILES string of the molecule is CCC(CSC)N(C)C(C)(CN)Cc1ccc(OC)cc1. The number of hydrogen-bond donors (Lipinski definition) is 1. The molecule has 4 heteroatoms. The van der Waals surface area contributed by atoms with Gasteiger partial charge in [-0.2, -0.15) is 11.8 Å². The Balaban J connectivity index is 2.86. The highest BCUT2D eigenvalue weighted by Crippen LogP contribution is 2.24. The van der Waals surface area contributed by atoms with Gasteiger partial charge >= 0.3 is 0 Å². The molecule has 0 heterocycles. The van der Waals surface area contributed by atoms with Gasteiger partial charge in [-0.15, -0.1) is 0 Å². The van der Waals surface area contributed by atoms with Crippen LogP contribution in [0.25, 0.3) is 0 Å². The van der Waals surface area contributed by atoms with Crippen LogP contribution in [0.1, 0.15) is 25.8 Å². The molecule has 0 bridgehead atoms. The molecule has 1 aromatic carbocycles. The number of benzene rings is 1. The first kappa shape index (κ1) is 18.3. The topological polar surface area (TPSA) is 38.5 Å². The third-order valence-corrected chi connectivity index (χ3v) is 5.13. The molecule has 120 valence electrons. The molecule has 0 aromatic heterocycles. The highest BCUT2D eigenvalue weighted by atomic mass is 32.2. The summed E-state index contributed by atoms with van der Waals surface area (Å²) in [4.78, 5) is 2.47. The molecule has 0 fully saturated rings. The fourth-order valence-corrected chi connectivity index (χ4v) is 3.50. The minimum absolute atomic E-state index is 0.0228. The van der Waals surface area contributed by atoms with Crippen molar-refractivity contribution < 1.29 is 4.74 Å². The van der Waals surface area contributed by atoms with Crippen molar-refractivity contribution in [3.63, 3.8) is 0 Å². The predicted octanol–water partition coefficient (Wildman–Crippen LogP) is 3.03. The molecule has 0 aliphatic rings. The van der Waals surface area contributed by atoms with E-state index in [9.17, 15) is 0 Å². The summed E-state index contributed by atoms with van der Waals surface area (Å²) < 4.78 is 5.22. The molecule has 1 rings (SSSR count). The second kappa shape index (κ2) is 8.66. The fraction of sp³-hybridized carbons (Fsp3) is 0.647. The van der Waals surface area contributed by atoms with Crippen LogP contribution in [-0.4, -0.2) is 49.2 Å². The summed E-state index contributed by atoms with van der Waals surface area (Å²) in [5.41, 5.74) is 7.41. The van der Waals surface area contributed by atoms with E-state index >= 15 is 0 Å². The van der Waals surface area contributed by atoms with E-state index in [1.165, 1.54) is 5.56 Å². The van der Waals surface area contributed by atoms with Gasteiger partial charge in [0.25, 0.3) is 0 Å². The zero-order chi connectivity index (χ0) is 15.9. The standard InChI is InChI=1S/C17H30N2OS/c1-6-15(12-21-5)19(3)17(2,13-18)11-14-7-9-16(20-4)10-8-14/h7-10,15H,6,11-13,18H2,1-5H3. The molecule has 21 heavy (non-hydrogen) atoms. The molecule has 3 nitrogen and oxygen atoms in total. The summed E-state index contributed by atoms with van der Waals surface area (Å²) in [5, 5.41) is 0. The second-order valence-corrected chi connectivity index (χ2v) is 6.76. The van der Waals surface area contributed by atoms with Crippen LogP contribution in [0, 0.1) is 0 Å². The molecule has 0 aliphatic carbocycles. The van der Waals surface area contributed by atoms with Crippen LogP contribution in [0.3, 0.4) is 0 Å². The Morgan fingerprint density at radius 3 is 2.38 bits per heavy atom. The van der Waals surface area contributed by atoms with Crippen molar-refractivity contribution in [3.05, 3.63) is 29.8 Å². The molecule has 0 spiro atoms. The maximum atomic E-state index is 6.13.